The zero-order chi connectivity index (χ0) is 16.5. The van der Waals surface area contributed by atoms with Gasteiger partial charge in [0.2, 0.25) is 0 Å². The van der Waals surface area contributed by atoms with Gasteiger partial charge in [-0.3, -0.25) is 9.09 Å². The molecule has 0 amide bonds. The quantitative estimate of drug-likeness (QED) is 0.384. The minimum Gasteiger partial charge on any atom is -0.390 e. The van der Waals surface area contributed by atoms with E-state index in [4.69, 9.17) is 20.3 Å². The van der Waals surface area contributed by atoms with Crippen LogP contribution in [0.4, 0.5) is 5.82 Å². The minimum absolute atomic E-state index is 0.0130. The van der Waals surface area contributed by atoms with Crippen molar-refractivity contribution in [2.45, 2.75) is 31.0 Å². The molecule has 0 spiro atoms. The molecule has 0 aromatic carbocycles. The van der Waals surface area contributed by atoms with Crippen LogP contribution in [0.1, 0.15) is 12.6 Å². The molecule has 1 aliphatic rings. The summed E-state index contributed by atoms with van der Waals surface area (Å²) in [5.41, 5.74) is 4.65. The van der Waals surface area contributed by atoms with Crippen LogP contribution in [-0.2, 0) is 13.8 Å². The number of aliphatic hydroxyl groups excluding tert-OH is 2. The summed E-state index contributed by atoms with van der Waals surface area (Å²) in [7, 11) is -4.76. The molecular weight excluding hydrogens is 321 g/mol. The highest BCUT2D eigenvalue weighted by Gasteiger charge is 2.39. The number of rotatable bonds is 4. The van der Waals surface area contributed by atoms with Crippen LogP contribution >= 0.6 is 7.82 Å². The molecular formula is C10H16N3O8P. The molecule has 0 aliphatic carbocycles. The van der Waals surface area contributed by atoms with Gasteiger partial charge in [-0.2, -0.15) is 4.98 Å². The lowest BCUT2D eigenvalue weighted by Crippen LogP contribution is -2.50. The smallest absolute Gasteiger partial charge is 0.390 e. The van der Waals surface area contributed by atoms with E-state index in [1.54, 1.807) is 0 Å². The zero-order valence-electron chi connectivity index (χ0n) is 11.2. The maximum atomic E-state index is 11.7. The van der Waals surface area contributed by atoms with Gasteiger partial charge < -0.3 is 30.5 Å². The third-order valence-electron chi connectivity index (χ3n) is 3.12. The van der Waals surface area contributed by atoms with Crippen LogP contribution < -0.4 is 11.4 Å². The van der Waals surface area contributed by atoms with E-state index in [-0.39, 0.29) is 12.2 Å². The lowest BCUT2D eigenvalue weighted by Gasteiger charge is -2.37. The van der Waals surface area contributed by atoms with Gasteiger partial charge in [-0.25, -0.2) is 9.36 Å². The van der Waals surface area contributed by atoms with Gasteiger partial charge in [0.25, 0.3) is 0 Å². The topological polar surface area (TPSA) is 177 Å². The lowest BCUT2D eigenvalue weighted by atomic mass is 10.0. The fourth-order valence-electron chi connectivity index (χ4n) is 2.06. The Hall–Kier alpha value is -1.33. The number of hydrogen-bond donors (Lipinski definition) is 5. The summed E-state index contributed by atoms with van der Waals surface area (Å²) in [6.45, 7) is -0.657. The van der Waals surface area contributed by atoms with Crippen molar-refractivity contribution in [2.24, 2.45) is 0 Å². The summed E-state index contributed by atoms with van der Waals surface area (Å²) in [5, 5.41) is 19.6. The second-order valence-corrected chi connectivity index (χ2v) is 5.99. The van der Waals surface area contributed by atoms with Crippen molar-refractivity contribution in [3.05, 3.63) is 22.7 Å². The standard InChI is InChI=1S/C10H16N3O8P/c11-7-1-2-13(10(16)12-7)8-3-5(14)9(15)6(21-8)4-20-22(17,18)19/h1-2,5-6,8-9,14-15H,3-4H2,(H2,11,12,16)(H2,17,18,19). The maximum Gasteiger partial charge on any atom is 0.469 e. The fourth-order valence-corrected chi connectivity index (χ4v) is 2.41. The maximum absolute atomic E-state index is 11.7. The first kappa shape index (κ1) is 17.0. The largest absolute Gasteiger partial charge is 0.469 e. The molecule has 0 bridgehead atoms. The molecule has 0 radical (unpaired) electrons. The van der Waals surface area contributed by atoms with Gasteiger partial charge in [0, 0.05) is 12.6 Å². The fraction of sp³-hybridized carbons (Fsp3) is 0.600. The SMILES string of the molecule is Nc1ccn(C2CC(O)C(O)C(COP(=O)(O)O)O2)c(=O)n1. The number of nitrogens with zero attached hydrogens (tertiary/aromatic N) is 2. The number of aliphatic hydroxyl groups is 2. The van der Waals surface area contributed by atoms with E-state index in [1.165, 1.54) is 12.3 Å². The lowest BCUT2D eigenvalue weighted by molar-refractivity contribution is -0.200. The predicted molar refractivity (Wildman–Crippen MR) is 71.4 cm³/mol. The minimum atomic E-state index is -4.76. The van der Waals surface area contributed by atoms with E-state index in [1.807, 2.05) is 0 Å². The number of nitrogens with two attached hydrogens (primary N) is 1. The molecule has 4 unspecified atom stereocenters. The molecule has 12 heteroatoms. The monoisotopic (exact) mass is 337 g/mol. The molecule has 1 aliphatic heterocycles. The van der Waals surface area contributed by atoms with Crippen molar-refractivity contribution < 1.29 is 33.8 Å². The molecule has 11 nitrogen and oxygen atoms in total. The van der Waals surface area contributed by atoms with E-state index in [9.17, 15) is 19.6 Å². The predicted octanol–water partition coefficient (Wildman–Crippen LogP) is -2.06. The Morgan fingerprint density at radius 2 is 2.18 bits per heavy atom. The molecule has 1 aromatic rings. The summed E-state index contributed by atoms with van der Waals surface area (Å²) >= 11 is 0. The zero-order valence-corrected chi connectivity index (χ0v) is 12.1. The Morgan fingerprint density at radius 1 is 1.50 bits per heavy atom. The molecule has 1 fully saturated rings. The number of aromatic nitrogens is 2. The second-order valence-electron chi connectivity index (χ2n) is 4.75. The van der Waals surface area contributed by atoms with Crippen LogP contribution in [0, 0.1) is 0 Å². The number of anilines is 1. The van der Waals surface area contributed by atoms with Crippen molar-refractivity contribution in [3.63, 3.8) is 0 Å². The number of nitrogen functional groups attached to an aromatic ring is 1. The third-order valence-corrected chi connectivity index (χ3v) is 3.60. The number of phosphoric ester groups is 1. The summed E-state index contributed by atoms with van der Waals surface area (Å²) in [6, 6.07) is 1.35. The summed E-state index contributed by atoms with van der Waals surface area (Å²) in [4.78, 5) is 32.6. The van der Waals surface area contributed by atoms with Gasteiger partial charge in [-0.1, -0.05) is 0 Å². The van der Waals surface area contributed by atoms with Crippen molar-refractivity contribution in [3.8, 4) is 0 Å². The third kappa shape index (κ3) is 4.11. The Bertz CT molecular complexity index is 631. The van der Waals surface area contributed by atoms with Crippen molar-refractivity contribution in [1.29, 1.82) is 0 Å². The summed E-state index contributed by atoms with van der Waals surface area (Å²) in [6.07, 6.45) is -3.70. The molecule has 22 heavy (non-hydrogen) atoms. The van der Waals surface area contributed by atoms with Crippen molar-refractivity contribution >= 4 is 13.6 Å². The number of hydrogen-bond acceptors (Lipinski definition) is 8. The number of ether oxygens (including phenoxy) is 1. The molecule has 1 saturated heterocycles. The Labute approximate surface area is 124 Å². The summed E-state index contributed by atoms with van der Waals surface area (Å²) < 4.78 is 21.4. The molecule has 2 rings (SSSR count). The van der Waals surface area contributed by atoms with Crippen LogP contribution in [-0.4, -0.2) is 54.5 Å². The molecule has 4 atom stereocenters. The van der Waals surface area contributed by atoms with E-state index in [2.05, 4.69) is 9.51 Å². The van der Waals surface area contributed by atoms with Crippen molar-refractivity contribution in [1.82, 2.24) is 9.55 Å². The average Bonchev–Trinajstić information content (AvgIpc) is 2.39. The first-order valence-corrected chi connectivity index (χ1v) is 7.77. The van der Waals surface area contributed by atoms with E-state index >= 15 is 0 Å². The van der Waals surface area contributed by atoms with E-state index < -0.39 is 44.7 Å². The Kier molecular flexibility index (Phi) is 4.97. The van der Waals surface area contributed by atoms with Crippen LogP contribution in [0.25, 0.3) is 0 Å². The van der Waals surface area contributed by atoms with Gasteiger partial charge >= 0.3 is 13.5 Å². The Morgan fingerprint density at radius 3 is 2.77 bits per heavy atom. The first-order valence-electron chi connectivity index (χ1n) is 6.24. The normalized spacial score (nSPS) is 29.5. The molecule has 6 N–H and O–H groups in total. The van der Waals surface area contributed by atoms with E-state index in [0.29, 0.717) is 0 Å². The van der Waals surface area contributed by atoms with Crippen molar-refractivity contribution in [2.75, 3.05) is 12.3 Å². The second kappa shape index (κ2) is 6.42. The van der Waals surface area contributed by atoms with Crippen LogP contribution in [0.3, 0.4) is 0 Å². The molecule has 0 saturated carbocycles. The summed E-state index contributed by atoms with van der Waals surface area (Å²) in [5.74, 6) is 0.0130. The highest BCUT2D eigenvalue weighted by atomic mass is 31.2. The first-order chi connectivity index (χ1) is 10.2. The van der Waals surface area contributed by atoms with E-state index in [0.717, 1.165) is 4.57 Å². The van der Waals surface area contributed by atoms with Gasteiger partial charge in [0.1, 0.15) is 24.3 Å². The van der Waals surface area contributed by atoms with Gasteiger partial charge in [-0.05, 0) is 6.07 Å². The highest BCUT2D eigenvalue weighted by molar-refractivity contribution is 7.46. The van der Waals surface area contributed by atoms with Gasteiger partial charge in [0.05, 0.1) is 12.7 Å². The van der Waals surface area contributed by atoms with Gasteiger partial charge in [-0.15, -0.1) is 0 Å². The average molecular weight is 337 g/mol. The van der Waals surface area contributed by atoms with Crippen LogP contribution in [0.2, 0.25) is 0 Å². The highest BCUT2D eigenvalue weighted by Crippen LogP contribution is 2.37. The van der Waals surface area contributed by atoms with Crippen LogP contribution in [0.15, 0.2) is 17.1 Å². The molecule has 124 valence electrons. The molecule has 1 aromatic heterocycles. The Balaban J connectivity index is 2.17. The number of phosphoric acid groups is 1. The van der Waals surface area contributed by atoms with Crippen LogP contribution in [0.5, 0.6) is 0 Å². The van der Waals surface area contributed by atoms with Gasteiger partial charge in [0.15, 0.2) is 0 Å². The molecule has 2 heterocycles.